The van der Waals surface area contributed by atoms with Gasteiger partial charge in [0, 0.05) is 94.2 Å². The molecular formula is C55H65IN8O16. The molecule has 24 nitrogen and oxygen atoms in total. The van der Waals surface area contributed by atoms with Crippen LogP contribution in [0.4, 0.5) is 0 Å². The second-order valence-electron chi connectivity index (χ2n) is 21.3. The van der Waals surface area contributed by atoms with E-state index in [0.29, 0.717) is 30.8 Å². The molecule has 2 aromatic carbocycles. The molecule has 3 aromatic rings. The zero-order valence-corrected chi connectivity index (χ0v) is 47.4. The number of aromatic hydroxyl groups is 2. The number of carbonyl (C=O) groups is 7. The number of hydrogen-bond acceptors (Lipinski definition) is 19. The van der Waals surface area contributed by atoms with Crippen LogP contribution >= 0.6 is 22.6 Å². The van der Waals surface area contributed by atoms with Crippen molar-refractivity contribution in [3.63, 3.8) is 0 Å². The summed E-state index contributed by atoms with van der Waals surface area (Å²) in [6.45, 7) is 9.69. The highest BCUT2D eigenvalue weighted by molar-refractivity contribution is 14.1. The van der Waals surface area contributed by atoms with Crippen molar-refractivity contribution in [2.45, 2.75) is 131 Å². The second kappa shape index (κ2) is 23.2. The molecule has 5 heterocycles. The van der Waals surface area contributed by atoms with Gasteiger partial charge >= 0.3 is 0 Å². The van der Waals surface area contributed by atoms with E-state index in [1.165, 1.54) is 63.3 Å². The number of nitrogens with one attached hydrogen (secondary N) is 4. The molecule has 1 unspecified atom stereocenters. The zero-order chi connectivity index (χ0) is 57.7. The maximum atomic E-state index is 14.5. The molecule has 9 rings (SSSR count). The number of aliphatic hydroxyl groups is 1. The molecule has 11 atom stereocenters. The Morgan fingerprint density at radius 2 is 1.71 bits per heavy atom. The molecule has 5 amide bonds. The number of ether oxygens (including phenoxy) is 6. The van der Waals surface area contributed by atoms with Gasteiger partial charge in [-0.15, -0.1) is 0 Å². The summed E-state index contributed by atoms with van der Waals surface area (Å²) in [6.07, 6.45) is -4.80. The first kappa shape index (κ1) is 58.3. The maximum Gasteiger partial charge on any atom is 0.269 e. The molecule has 6 aliphatic rings. The Balaban J connectivity index is 0.819. The van der Waals surface area contributed by atoms with Crippen LogP contribution in [0.3, 0.4) is 0 Å². The van der Waals surface area contributed by atoms with Gasteiger partial charge < -0.3 is 69.9 Å². The van der Waals surface area contributed by atoms with Crippen molar-refractivity contribution < 1.29 is 77.3 Å². The third-order valence-electron chi connectivity index (χ3n) is 16.0. The largest absolute Gasteiger partial charge is 0.507 e. The number of pyridine rings is 1. The number of alkyl halides is 1. The normalized spacial score (nSPS) is 26.6. The second-order valence-corrected chi connectivity index (χ2v) is 23.7. The molecule has 0 saturated carbocycles. The van der Waals surface area contributed by atoms with Crippen LogP contribution in [-0.4, -0.2) is 179 Å². The lowest BCUT2D eigenvalue weighted by Gasteiger charge is -2.47. The van der Waals surface area contributed by atoms with Crippen molar-refractivity contribution in [3.8, 4) is 23.3 Å². The van der Waals surface area contributed by atoms with Crippen LogP contribution in [0, 0.1) is 17.2 Å². The molecule has 0 radical (unpaired) electrons. The van der Waals surface area contributed by atoms with E-state index in [0.717, 1.165) is 0 Å². The summed E-state index contributed by atoms with van der Waals surface area (Å²) < 4.78 is 35.7. The van der Waals surface area contributed by atoms with Gasteiger partial charge in [-0.3, -0.25) is 38.5 Å². The van der Waals surface area contributed by atoms with Gasteiger partial charge in [0.25, 0.3) is 11.8 Å². The average molecular weight is 1220 g/mol. The van der Waals surface area contributed by atoms with Crippen molar-refractivity contribution in [2.75, 3.05) is 53.6 Å². The van der Waals surface area contributed by atoms with Gasteiger partial charge in [0.2, 0.25) is 23.5 Å². The van der Waals surface area contributed by atoms with Crippen molar-refractivity contribution >= 4 is 63.7 Å². The van der Waals surface area contributed by atoms with E-state index in [1.807, 2.05) is 20.8 Å². The lowest BCUT2D eigenvalue weighted by atomic mass is 9.72. The number of nitriles is 1. The number of carbonyl (C=O) groups excluding carboxylic acids is 7. The van der Waals surface area contributed by atoms with Crippen LogP contribution in [0.5, 0.6) is 17.2 Å². The molecule has 80 heavy (non-hydrogen) atoms. The number of halogens is 1. The fourth-order valence-electron chi connectivity index (χ4n) is 11.5. The Hall–Kier alpha value is -6.38. The standard InChI is InChI=1S/C55H65IN8O16/c1-8-54(5,56)47-29(21-57)12-13-32(62-47)50(72)58-15-14-36(65)60-26(3)49(71)61-25(2)48(70)59-22-28-23-63(24-28)53(73)55(74)19-31-39(45(69)41-40(43(31)67)42(66)30-10-9-11-34(75-6)38(30)44(41)68)35(20-55)79-37-18-33-46(27(4)78-37)80-51-52(76-7)77-17-16-64(33)51/h9-13,25-28,33,35,37,46,51-52,67,69,74H,8,14-20,22-24H2,1-7H3,(H,58,72)(H,59,70)(H,60,65)(H,61,71)/t25-,26-,27-,33-,35-,37-,46+,51+,52-,54?,55-/m0/s1. The van der Waals surface area contributed by atoms with Gasteiger partial charge in [-0.2, -0.15) is 5.26 Å². The Kier molecular flexibility index (Phi) is 16.9. The van der Waals surface area contributed by atoms with Crippen LogP contribution in [0.15, 0.2) is 30.3 Å². The van der Waals surface area contributed by atoms with E-state index in [9.17, 15) is 54.1 Å². The number of morpholine rings is 1. The zero-order valence-electron chi connectivity index (χ0n) is 45.3. The number of phenolic OH excluding ortho intramolecular Hbond substituents is 2. The van der Waals surface area contributed by atoms with E-state index in [4.69, 9.17) is 28.4 Å². The van der Waals surface area contributed by atoms with E-state index in [1.54, 1.807) is 0 Å². The minimum Gasteiger partial charge on any atom is -0.507 e. The molecular weight excluding hydrogens is 1160 g/mol. The third kappa shape index (κ3) is 10.9. The van der Waals surface area contributed by atoms with E-state index >= 15 is 0 Å². The maximum absolute atomic E-state index is 14.5. The molecule has 2 aliphatic carbocycles. The predicted octanol–water partition coefficient (Wildman–Crippen LogP) is 1.88. The number of phenols is 2. The summed E-state index contributed by atoms with van der Waals surface area (Å²) in [4.78, 5) is 103. The molecule has 428 valence electrons. The Morgan fingerprint density at radius 3 is 2.41 bits per heavy atom. The average Bonchev–Trinajstić information content (AvgIpc) is 3.97. The SMILES string of the molecule is CCC(C)(I)c1nc(C(=O)NCCC(=O)N[C@@H](C)C(=O)N[C@@H](C)C(=O)NCC2CN(C(=O)[C@]3(O)Cc4c(O)c5c(c(O)c4[C@@H](O[C@H]4C[C@H]6[C@H](O[C@@H]7[C@@H](OC)OCCN76)[C@H](C)O4)C3)C(=O)c3c(OC)cccc3C5=O)C2)ccc1C#N. The number of aromatic nitrogens is 1. The number of hydrogen-bond donors (Lipinski definition) is 7. The molecule has 0 bridgehead atoms. The number of nitrogens with zero attached hydrogens (tertiary/aromatic N) is 4. The smallest absolute Gasteiger partial charge is 0.269 e. The number of benzene rings is 2. The number of methoxy groups -OCH3 is 2. The third-order valence-corrected chi connectivity index (χ3v) is 17.2. The molecule has 4 saturated heterocycles. The lowest BCUT2D eigenvalue weighted by molar-refractivity contribution is -0.256. The first-order chi connectivity index (χ1) is 38.0. The highest BCUT2D eigenvalue weighted by Crippen LogP contribution is 2.53. The molecule has 7 N–H and O–H groups in total. The summed E-state index contributed by atoms with van der Waals surface area (Å²) in [5, 5.41) is 56.9. The Labute approximate surface area is 474 Å². The Morgan fingerprint density at radius 1 is 0.988 bits per heavy atom. The van der Waals surface area contributed by atoms with E-state index in [-0.39, 0.29) is 84.7 Å². The first-order valence-corrected chi connectivity index (χ1v) is 27.6. The molecule has 25 heteroatoms. The van der Waals surface area contributed by atoms with Gasteiger partial charge in [-0.1, -0.05) is 41.6 Å². The topological polar surface area (TPSA) is 327 Å². The van der Waals surface area contributed by atoms with Gasteiger partial charge in [0.05, 0.1) is 57.3 Å². The molecule has 4 aliphatic heterocycles. The van der Waals surface area contributed by atoms with Crippen LogP contribution in [0.1, 0.15) is 131 Å². The Bertz CT molecular complexity index is 3060. The van der Waals surface area contributed by atoms with E-state index in [2.05, 4.69) is 59.8 Å². The van der Waals surface area contributed by atoms with Crippen molar-refractivity contribution in [2.24, 2.45) is 5.92 Å². The number of fused-ring (bicyclic) bond motifs is 6. The minimum atomic E-state index is -2.29. The van der Waals surface area contributed by atoms with Crippen molar-refractivity contribution in [3.05, 3.63) is 80.7 Å². The van der Waals surface area contributed by atoms with Gasteiger partial charge in [0.1, 0.15) is 52.8 Å². The fourth-order valence-corrected chi connectivity index (χ4v) is 11.9. The number of rotatable bonds is 17. The highest BCUT2D eigenvalue weighted by atomic mass is 127. The molecule has 0 spiro atoms. The van der Waals surface area contributed by atoms with Crippen LogP contribution in [-0.2, 0) is 52.7 Å². The van der Waals surface area contributed by atoms with Crippen LogP contribution in [0.25, 0.3) is 0 Å². The van der Waals surface area contributed by atoms with E-state index < -0.39 is 135 Å². The van der Waals surface area contributed by atoms with Crippen LogP contribution in [0.2, 0.25) is 0 Å². The monoisotopic (exact) mass is 1220 g/mol. The van der Waals surface area contributed by atoms with Crippen molar-refractivity contribution in [1.82, 2.24) is 36.1 Å². The van der Waals surface area contributed by atoms with Gasteiger partial charge in [-0.05, 0) is 52.3 Å². The molecule has 4 fully saturated rings. The van der Waals surface area contributed by atoms with Gasteiger partial charge in [0.15, 0.2) is 24.6 Å². The summed E-state index contributed by atoms with van der Waals surface area (Å²) in [5.74, 6) is -6.12. The minimum absolute atomic E-state index is 0.0661. The summed E-state index contributed by atoms with van der Waals surface area (Å²) in [7, 11) is 2.86. The first-order valence-electron chi connectivity index (χ1n) is 26.6. The fraction of sp³-hybridized carbons (Fsp3) is 0.545. The quantitative estimate of drug-likeness (QED) is 0.0451. The molecule has 1 aromatic heterocycles. The van der Waals surface area contributed by atoms with Crippen molar-refractivity contribution in [1.29, 1.82) is 5.26 Å². The predicted molar refractivity (Wildman–Crippen MR) is 287 cm³/mol. The number of likely N-dealkylation sites (tertiary alicyclic amines) is 1. The number of amides is 5. The highest BCUT2D eigenvalue weighted by Gasteiger charge is 2.56. The van der Waals surface area contributed by atoms with Crippen LogP contribution < -0.4 is 26.0 Å². The summed E-state index contributed by atoms with van der Waals surface area (Å²) in [5.41, 5.74) is -2.73. The van der Waals surface area contributed by atoms with Gasteiger partial charge in [-0.25, -0.2) is 4.98 Å². The number of ketones is 2. The summed E-state index contributed by atoms with van der Waals surface area (Å²) in [6, 6.07) is 7.17. The lowest BCUT2D eigenvalue weighted by Crippen LogP contribution is -2.62. The summed E-state index contributed by atoms with van der Waals surface area (Å²) >= 11 is 2.19.